The lowest BCUT2D eigenvalue weighted by atomic mass is 10.0. The topological polar surface area (TPSA) is 71.5 Å². The third-order valence-electron chi connectivity index (χ3n) is 5.83. The van der Waals surface area contributed by atoms with E-state index in [1.165, 1.54) is 10.4 Å². The first-order valence-corrected chi connectivity index (χ1v) is 12.5. The van der Waals surface area contributed by atoms with Crippen LogP contribution in [-0.4, -0.2) is 86.6 Å². The summed E-state index contributed by atoms with van der Waals surface area (Å²) in [6.45, 7) is 8.82. The van der Waals surface area contributed by atoms with Crippen LogP contribution in [0, 0.1) is 6.92 Å². The van der Waals surface area contributed by atoms with E-state index in [4.69, 9.17) is 14.2 Å². The average Bonchev–Trinajstić information content (AvgIpc) is 3.31. The summed E-state index contributed by atoms with van der Waals surface area (Å²) in [5, 5.41) is 12.5. The van der Waals surface area contributed by atoms with E-state index in [0.717, 1.165) is 17.7 Å². The number of nitrogens with zero attached hydrogens (tertiary/aromatic N) is 2. The number of aryl methyl sites for hydroxylation is 1. The van der Waals surface area contributed by atoms with Crippen molar-refractivity contribution in [3.63, 3.8) is 0 Å². The lowest BCUT2D eigenvalue weighted by Gasteiger charge is -2.37. The van der Waals surface area contributed by atoms with Crippen LogP contribution < -0.4 is 4.74 Å². The maximum atomic E-state index is 13.5. The van der Waals surface area contributed by atoms with E-state index in [0.29, 0.717) is 39.5 Å². The second-order valence-corrected chi connectivity index (χ2v) is 9.48. The van der Waals surface area contributed by atoms with Gasteiger partial charge in [0, 0.05) is 31.6 Å². The van der Waals surface area contributed by atoms with Gasteiger partial charge >= 0.3 is 0 Å². The highest BCUT2D eigenvalue weighted by atomic mass is 32.1. The van der Waals surface area contributed by atoms with E-state index in [1.54, 1.807) is 24.5 Å². The fourth-order valence-corrected chi connectivity index (χ4v) is 4.99. The normalized spacial score (nSPS) is 16.4. The minimum atomic E-state index is -0.699. The summed E-state index contributed by atoms with van der Waals surface area (Å²) in [7, 11) is 1.63. The Balaban J connectivity index is 1.67. The number of hydrogen-bond donors (Lipinski definition) is 1. The molecule has 0 saturated heterocycles. The van der Waals surface area contributed by atoms with Crippen molar-refractivity contribution in [1.82, 2.24) is 9.80 Å². The van der Waals surface area contributed by atoms with Crippen molar-refractivity contribution in [2.24, 2.45) is 0 Å². The highest BCUT2D eigenvalue weighted by Crippen LogP contribution is 2.34. The van der Waals surface area contributed by atoms with E-state index in [1.807, 2.05) is 41.0 Å². The molecular formula is C26H36N2O5S. The van der Waals surface area contributed by atoms with Gasteiger partial charge in [-0.3, -0.25) is 9.69 Å². The summed E-state index contributed by atoms with van der Waals surface area (Å²) < 4.78 is 16.7. The monoisotopic (exact) mass is 488 g/mol. The Labute approximate surface area is 206 Å². The van der Waals surface area contributed by atoms with Gasteiger partial charge in [0.05, 0.1) is 38.5 Å². The molecule has 0 spiro atoms. The molecule has 0 saturated carbocycles. The zero-order valence-corrected chi connectivity index (χ0v) is 21.0. The van der Waals surface area contributed by atoms with Crippen LogP contribution in [0.15, 0.2) is 48.4 Å². The van der Waals surface area contributed by atoms with Gasteiger partial charge in [0.1, 0.15) is 12.4 Å². The Morgan fingerprint density at radius 3 is 2.88 bits per heavy atom. The van der Waals surface area contributed by atoms with E-state index < -0.39 is 6.10 Å². The van der Waals surface area contributed by atoms with Crippen molar-refractivity contribution < 1.29 is 24.1 Å². The summed E-state index contributed by atoms with van der Waals surface area (Å²) in [4.78, 5) is 18.6. The molecule has 2 atom stereocenters. The number of carbonyl (C=O) groups excluding carboxylic acids is 1. The number of fused-ring (bicyclic) bond motifs is 1. The van der Waals surface area contributed by atoms with Crippen LogP contribution in [0.1, 0.15) is 22.0 Å². The molecule has 1 amide bonds. The Hall–Kier alpha value is -2.23. The quantitative estimate of drug-likeness (QED) is 0.326. The smallest absolute Gasteiger partial charge is 0.237 e. The molecule has 1 aliphatic heterocycles. The minimum Gasteiger partial charge on any atom is -0.491 e. The molecule has 2 heterocycles. The third kappa shape index (κ3) is 7.65. The number of aliphatic hydroxyl groups excluding tert-OH is 1. The zero-order valence-electron chi connectivity index (χ0n) is 20.2. The number of methoxy groups -OCH3 is 1. The van der Waals surface area contributed by atoms with Crippen molar-refractivity contribution in [3.05, 3.63) is 64.4 Å². The van der Waals surface area contributed by atoms with Gasteiger partial charge in [0.25, 0.3) is 0 Å². The second kappa shape index (κ2) is 13.6. The predicted octanol–water partition coefficient (Wildman–Crippen LogP) is 3.07. The number of thiophene rings is 1. The van der Waals surface area contributed by atoms with Gasteiger partial charge in [-0.25, -0.2) is 0 Å². The van der Waals surface area contributed by atoms with Crippen LogP contribution in [0.25, 0.3) is 0 Å². The SMILES string of the molecule is C=CCOCC(O)CN(CCOC)CC(=O)N1CCc2sccc2C1COc1ccc(C)cc1. The molecule has 2 aromatic rings. The summed E-state index contributed by atoms with van der Waals surface area (Å²) in [6.07, 6.45) is 1.79. The molecule has 0 bridgehead atoms. The van der Waals surface area contributed by atoms with Gasteiger partial charge in [-0.05, 0) is 42.5 Å². The first kappa shape index (κ1) is 26.4. The molecule has 3 rings (SSSR count). The van der Waals surface area contributed by atoms with E-state index in [9.17, 15) is 9.90 Å². The number of benzene rings is 1. The Morgan fingerprint density at radius 1 is 1.35 bits per heavy atom. The van der Waals surface area contributed by atoms with Gasteiger partial charge in [0.15, 0.2) is 0 Å². The highest BCUT2D eigenvalue weighted by molar-refractivity contribution is 7.10. The van der Waals surface area contributed by atoms with Crippen LogP contribution in [0.2, 0.25) is 0 Å². The molecule has 0 fully saturated rings. The number of hydrogen-bond acceptors (Lipinski definition) is 7. The third-order valence-corrected chi connectivity index (χ3v) is 6.83. The fraction of sp³-hybridized carbons (Fsp3) is 0.500. The Bertz CT molecular complexity index is 901. The summed E-state index contributed by atoms with van der Waals surface area (Å²) >= 11 is 1.73. The molecule has 186 valence electrons. The van der Waals surface area contributed by atoms with Gasteiger partial charge in [0.2, 0.25) is 5.91 Å². The molecule has 2 unspecified atom stereocenters. The number of aliphatic hydroxyl groups is 1. The molecule has 1 aliphatic rings. The molecule has 1 aromatic carbocycles. The van der Waals surface area contributed by atoms with Crippen LogP contribution in [-0.2, 0) is 20.7 Å². The summed E-state index contributed by atoms with van der Waals surface area (Å²) in [5.74, 6) is 0.814. The minimum absolute atomic E-state index is 0.0182. The van der Waals surface area contributed by atoms with E-state index in [-0.39, 0.29) is 25.1 Å². The molecule has 0 radical (unpaired) electrons. The fourth-order valence-electron chi connectivity index (χ4n) is 4.06. The lowest BCUT2D eigenvalue weighted by Crippen LogP contribution is -2.48. The van der Waals surface area contributed by atoms with Crippen molar-refractivity contribution >= 4 is 17.2 Å². The predicted molar refractivity (Wildman–Crippen MR) is 134 cm³/mol. The van der Waals surface area contributed by atoms with Crippen molar-refractivity contribution in [2.45, 2.75) is 25.5 Å². The van der Waals surface area contributed by atoms with E-state index in [2.05, 4.69) is 18.0 Å². The average molecular weight is 489 g/mol. The molecule has 8 heteroatoms. The lowest BCUT2D eigenvalue weighted by molar-refractivity contribution is -0.136. The number of carbonyl (C=O) groups is 1. The Morgan fingerprint density at radius 2 is 2.15 bits per heavy atom. The molecule has 1 N–H and O–H groups in total. The van der Waals surface area contributed by atoms with Crippen LogP contribution in [0.3, 0.4) is 0 Å². The second-order valence-electron chi connectivity index (χ2n) is 8.48. The van der Waals surface area contributed by atoms with Crippen molar-refractivity contribution in [3.8, 4) is 5.75 Å². The molecular weight excluding hydrogens is 452 g/mol. The summed E-state index contributed by atoms with van der Waals surface area (Å²) in [5.41, 5.74) is 2.34. The van der Waals surface area contributed by atoms with Crippen LogP contribution in [0.4, 0.5) is 0 Å². The number of ether oxygens (including phenoxy) is 3. The standard InChI is InChI=1S/C26H36N2O5S/c1-4-13-32-18-21(29)16-27(12-14-31-3)17-26(30)28-11-9-25-23(10-15-34-25)24(28)19-33-22-7-5-20(2)6-8-22/h4-8,10,15,21,24,29H,1,9,11-14,16-19H2,2-3H3. The molecule has 1 aromatic heterocycles. The first-order chi connectivity index (χ1) is 16.5. The van der Waals surface area contributed by atoms with Crippen molar-refractivity contribution in [1.29, 1.82) is 0 Å². The number of rotatable bonds is 14. The highest BCUT2D eigenvalue weighted by Gasteiger charge is 2.33. The van der Waals surface area contributed by atoms with Gasteiger partial charge in [-0.1, -0.05) is 23.8 Å². The largest absolute Gasteiger partial charge is 0.491 e. The zero-order chi connectivity index (χ0) is 24.3. The van der Waals surface area contributed by atoms with Gasteiger partial charge in [-0.2, -0.15) is 0 Å². The molecule has 7 nitrogen and oxygen atoms in total. The maximum Gasteiger partial charge on any atom is 0.237 e. The first-order valence-electron chi connectivity index (χ1n) is 11.6. The number of amides is 1. The van der Waals surface area contributed by atoms with Gasteiger partial charge in [-0.15, -0.1) is 17.9 Å². The molecule has 0 aliphatic carbocycles. The van der Waals surface area contributed by atoms with Gasteiger partial charge < -0.3 is 24.2 Å². The van der Waals surface area contributed by atoms with E-state index >= 15 is 0 Å². The van der Waals surface area contributed by atoms with Crippen LogP contribution >= 0.6 is 11.3 Å². The molecule has 34 heavy (non-hydrogen) atoms. The Kier molecular flexibility index (Phi) is 10.6. The summed E-state index contributed by atoms with van der Waals surface area (Å²) in [6, 6.07) is 9.92. The maximum absolute atomic E-state index is 13.5. The van der Waals surface area contributed by atoms with Crippen LogP contribution in [0.5, 0.6) is 5.75 Å². The van der Waals surface area contributed by atoms with Crippen molar-refractivity contribution in [2.75, 3.05) is 59.7 Å².